The van der Waals surface area contributed by atoms with Gasteiger partial charge in [0.1, 0.15) is 0 Å². The van der Waals surface area contributed by atoms with Crippen molar-refractivity contribution in [2.75, 3.05) is 12.4 Å². The standard InChI is InChI=1S/C14H21NO2S/c16-12(10-17-13-4-2-1-3-5-13)11-18-14-6-8-15-9-7-14/h6-9,12-13,16H,1-5,10-11H2. The lowest BCUT2D eigenvalue weighted by Gasteiger charge is -2.23. The SMILES string of the molecule is OC(COC1CCCCC1)CSc1ccncc1. The van der Waals surface area contributed by atoms with Crippen molar-refractivity contribution in [2.45, 2.75) is 49.2 Å². The van der Waals surface area contributed by atoms with E-state index in [0.717, 1.165) is 17.7 Å². The van der Waals surface area contributed by atoms with Crippen LogP contribution in [0, 0.1) is 0 Å². The van der Waals surface area contributed by atoms with Crippen LogP contribution in [0.4, 0.5) is 0 Å². The average molecular weight is 267 g/mol. The van der Waals surface area contributed by atoms with Crippen LogP contribution in [0.2, 0.25) is 0 Å². The summed E-state index contributed by atoms with van der Waals surface area (Å²) in [6.07, 6.45) is 9.72. The van der Waals surface area contributed by atoms with Crippen molar-refractivity contribution in [3.05, 3.63) is 24.5 Å². The molecule has 0 amide bonds. The van der Waals surface area contributed by atoms with Gasteiger partial charge in [-0.3, -0.25) is 4.98 Å². The van der Waals surface area contributed by atoms with Crippen LogP contribution >= 0.6 is 11.8 Å². The first-order valence-corrected chi connectivity index (χ1v) is 7.65. The molecule has 0 saturated heterocycles. The second-order valence-electron chi connectivity index (χ2n) is 4.74. The summed E-state index contributed by atoms with van der Waals surface area (Å²) >= 11 is 1.65. The van der Waals surface area contributed by atoms with E-state index in [9.17, 15) is 5.11 Å². The molecule has 4 heteroatoms. The van der Waals surface area contributed by atoms with Gasteiger partial charge in [0.25, 0.3) is 0 Å². The molecule has 1 atom stereocenters. The van der Waals surface area contributed by atoms with E-state index in [1.54, 1.807) is 24.2 Å². The van der Waals surface area contributed by atoms with E-state index < -0.39 is 0 Å². The lowest BCUT2D eigenvalue weighted by atomic mass is 9.98. The van der Waals surface area contributed by atoms with E-state index >= 15 is 0 Å². The van der Waals surface area contributed by atoms with E-state index in [4.69, 9.17) is 4.74 Å². The van der Waals surface area contributed by atoms with Crippen LogP contribution < -0.4 is 0 Å². The first kappa shape index (κ1) is 13.8. The Hall–Kier alpha value is -0.580. The number of ether oxygens (including phenoxy) is 1. The van der Waals surface area contributed by atoms with E-state index in [2.05, 4.69) is 4.98 Å². The first-order chi connectivity index (χ1) is 8.84. The topological polar surface area (TPSA) is 42.4 Å². The van der Waals surface area contributed by atoms with Gasteiger partial charge in [-0.05, 0) is 25.0 Å². The highest BCUT2D eigenvalue weighted by molar-refractivity contribution is 7.99. The Morgan fingerprint density at radius 3 is 2.72 bits per heavy atom. The molecule has 0 bridgehead atoms. The van der Waals surface area contributed by atoms with Crippen molar-refractivity contribution < 1.29 is 9.84 Å². The third-order valence-electron chi connectivity index (χ3n) is 3.17. The van der Waals surface area contributed by atoms with Gasteiger partial charge >= 0.3 is 0 Å². The maximum atomic E-state index is 9.88. The summed E-state index contributed by atoms with van der Waals surface area (Å²) in [7, 11) is 0. The number of nitrogens with zero attached hydrogens (tertiary/aromatic N) is 1. The highest BCUT2D eigenvalue weighted by Crippen LogP contribution is 2.21. The molecular formula is C14H21NO2S. The number of rotatable bonds is 6. The van der Waals surface area contributed by atoms with E-state index in [1.165, 1.54) is 19.3 Å². The predicted octanol–water partition coefficient (Wildman–Crippen LogP) is 2.88. The maximum absolute atomic E-state index is 9.88. The van der Waals surface area contributed by atoms with E-state index in [-0.39, 0.29) is 6.10 Å². The number of aromatic nitrogens is 1. The van der Waals surface area contributed by atoms with Crippen molar-refractivity contribution in [2.24, 2.45) is 0 Å². The molecular weight excluding hydrogens is 246 g/mol. The van der Waals surface area contributed by atoms with Crippen LogP contribution in [0.5, 0.6) is 0 Å². The smallest absolute Gasteiger partial charge is 0.0867 e. The summed E-state index contributed by atoms with van der Waals surface area (Å²) < 4.78 is 5.76. The van der Waals surface area contributed by atoms with Gasteiger partial charge < -0.3 is 9.84 Å². The number of aliphatic hydroxyl groups excluding tert-OH is 1. The third kappa shape index (κ3) is 4.96. The van der Waals surface area contributed by atoms with Gasteiger partial charge in [-0.25, -0.2) is 0 Å². The van der Waals surface area contributed by atoms with Crippen LogP contribution in [-0.4, -0.2) is 34.7 Å². The summed E-state index contributed by atoms with van der Waals surface area (Å²) in [6, 6.07) is 3.92. The Balaban J connectivity index is 1.61. The number of thioether (sulfide) groups is 1. The number of pyridine rings is 1. The first-order valence-electron chi connectivity index (χ1n) is 6.67. The van der Waals surface area contributed by atoms with E-state index in [1.807, 2.05) is 12.1 Å². The molecule has 0 radical (unpaired) electrons. The normalized spacial score (nSPS) is 18.7. The zero-order valence-electron chi connectivity index (χ0n) is 10.6. The molecule has 1 N–H and O–H groups in total. The third-order valence-corrected chi connectivity index (χ3v) is 4.33. The highest BCUT2D eigenvalue weighted by Gasteiger charge is 2.15. The largest absolute Gasteiger partial charge is 0.390 e. The second kappa shape index (κ2) is 7.77. The van der Waals surface area contributed by atoms with Crippen LogP contribution in [0.25, 0.3) is 0 Å². The molecule has 1 unspecified atom stereocenters. The van der Waals surface area contributed by atoms with Gasteiger partial charge in [-0.15, -0.1) is 11.8 Å². The Labute approximate surface area is 113 Å². The summed E-state index contributed by atoms with van der Waals surface area (Å²) in [6.45, 7) is 0.461. The molecule has 0 aliphatic heterocycles. The second-order valence-corrected chi connectivity index (χ2v) is 5.83. The van der Waals surface area contributed by atoms with Crippen molar-refractivity contribution in [3.8, 4) is 0 Å². The molecule has 1 aromatic rings. The summed E-state index contributed by atoms with van der Waals surface area (Å²) in [5.41, 5.74) is 0. The number of hydrogen-bond donors (Lipinski definition) is 1. The minimum atomic E-state index is -0.384. The Kier molecular flexibility index (Phi) is 5.97. The molecule has 1 aliphatic carbocycles. The van der Waals surface area contributed by atoms with Gasteiger partial charge in [0.05, 0.1) is 18.8 Å². The molecule has 3 nitrogen and oxygen atoms in total. The molecule has 2 rings (SSSR count). The molecule has 1 heterocycles. The lowest BCUT2D eigenvalue weighted by Crippen LogP contribution is -2.24. The summed E-state index contributed by atoms with van der Waals surface area (Å²) in [5, 5.41) is 9.88. The predicted molar refractivity (Wildman–Crippen MR) is 73.8 cm³/mol. The minimum absolute atomic E-state index is 0.374. The Morgan fingerprint density at radius 2 is 2.00 bits per heavy atom. The van der Waals surface area contributed by atoms with Gasteiger partial charge in [0.2, 0.25) is 0 Å². The van der Waals surface area contributed by atoms with Gasteiger partial charge in [-0.2, -0.15) is 0 Å². The van der Waals surface area contributed by atoms with E-state index in [0.29, 0.717) is 18.5 Å². The summed E-state index contributed by atoms with van der Waals surface area (Å²) in [4.78, 5) is 5.11. The Morgan fingerprint density at radius 1 is 1.28 bits per heavy atom. The lowest BCUT2D eigenvalue weighted by molar-refractivity contribution is -0.0165. The molecule has 1 saturated carbocycles. The van der Waals surface area contributed by atoms with Crippen LogP contribution in [0.1, 0.15) is 32.1 Å². The van der Waals surface area contributed by atoms with Crippen molar-refractivity contribution in [1.29, 1.82) is 0 Å². The average Bonchev–Trinajstić information content (AvgIpc) is 2.45. The fourth-order valence-corrected chi connectivity index (χ4v) is 2.95. The molecule has 1 aromatic heterocycles. The van der Waals surface area contributed by atoms with Gasteiger partial charge in [-0.1, -0.05) is 19.3 Å². The van der Waals surface area contributed by atoms with Crippen LogP contribution in [-0.2, 0) is 4.74 Å². The van der Waals surface area contributed by atoms with Gasteiger partial charge in [0.15, 0.2) is 0 Å². The maximum Gasteiger partial charge on any atom is 0.0867 e. The quantitative estimate of drug-likeness (QED) is 0.805. The zero-order valence-corrected chi connectivity index (χ0v) is 11.4. The van der Waals surface area contributed by atoms with Crippen molar-refractivity contribution in [3.63, 3.8) is 0 Å². The monoisotopic (exact) mass is 267 g/mol. The molecule has 0 aromatic carbocycles. The molecule has 1 aliphatic rings. The van der Waals surface area contributed by atoms with Crippen LogP contribution in [0.3, 0.4) is 0 Å². The molecule has 1 fully saturated rings. The molecule has 18 heavy (non-hydrogen) atoms. The fraction of sp³-hybridized carbons (Fsp3) is 0.643. The van der Waals surface area contributed by atoms with Gasteiger partial charge in [0, 0.05) is 23.0 Å². The number of aliphatic hydroxyl groups is 1. The number of hydrogen-bond acceptors (Lipinski definition) is 4. The molecule has 100 valence electrons. The highest BCUT2D eigenvalue weighted by atomic mass is 32.2. The Bertz CT molecular complexity index is 328. The van der Waals surface area contributed by atoms with Crippen molar-refractivity contribution in [1.82, 2.24) is 4.98 Å². The zero-order chi connectivity index (χ0) is 12.6. The molecule has 0 spiro atoms. The van der Waals surface area contributed by atoms with Crippen molar-refractivity contribution >= 4 is 11.8 Å². The summed E-state index contributed by atoms with van der Waals surface area (Å²) in [5.74, 6) is 0.677. The minimum Gasteiger partial charge on any atom is -0.390 e. The van der Waals surface area contributed by atoms with Crippen LogP contribution in [0.15, 0.2) is 29.4 Å². The fourth-order valence-electron chi connectivity index (χ4n) is 2.15.